The van der Waals surface area contributed by atoms with Gasteiger partial charge in [0, 0.05) is 44.6 Å². The number of aryl methyl sites for hydroxylation is 1. The van der Waals surface area contributed by atoms with E-state index in [0.29, 0.717) is 6.54 Å². The van der Waals surface area contributed by atoms with Crippen LogP contribution in [0.1, 0.15) is 29.7 Å². The summed E-state index contributed by atoms with van der Waals surface area (Å²) in [6.45, 7) is 7.09. The molecule has 7 heteroatoms. The van der Waals surface area contributed by atoms with Gasteiger partial charge in [0.05, 0.1) is 26.0 Å². The normalized spacial score (nSPS) is 14.0. The largest absolute Gasteiger partial charge is 0.496 e. The van der Waals surface area contributed by atoms with Crippen LogP contribution in [-0.4, -0.2) is 56.8 Å². The van der Waals surface area contributed by atoms with Crippen LogP contribution in [0.3, 0.4) is 0 Å². The third-order valence-electron chi connectivity index (χ3n) is 4.36. The van der Waals surface area contributed by atoms with Crippen molar-refractivity contribution in [3.8, 4) is 5.75 Å². The van der Waals surface area contributed by atoms with Gasteiger partial charge < -0.3 is 19.7 Å². The Morgan fingerprint density at radius 3 is 2.72 bits per heavy atom. The van der Waals surface area contributed by atoms with Crippen LogP contribution in [0.4, 0.5) is 0 Å². The monoisotopic (exact) mass is 462 g/mol. The zero-order valence-corrected chi connectivity index (χ0v) is 18.3. The number of rotatable bonds is 8. The molecule has 1 heterocycles. The number of hydrogen-bond donors (Lipinski definition) is 1. The minimum absolute atomic E-state index is 0. The summed E-state index contributed by atoms with van der Waals surface area (Å²) in [6, 6.07) is 0. The van der Waals surface area contributed by atoms with Crippen LogP contribution >= 0.6 is 24.0 Å². The number of aliphatic imine (C=N–C) groups is 1. The molecule has 0 atom stereocenters. The predicted molar refractivity (Wildman–Crippen MR) is 112 cm³/mol. The molecule has 1 saturated carbocycles. The van der Waals surface area contributed by atoms with Gasteiger partial charge in [0.25, 0.3) is 0 Å². The molecule has 2 rings (SSSR count). The molecule has 0 spiro atoms. The maximum absolute atomic E-state index is 5.69. The highest BCUT2D eigenvalue weighted by Gasteiger charge is 2.21. The second-order valence-electron chi connectivity index (χ2n) is 6.39. The highest BCUT2D eigenvalue weighted by atomic mass is 127. The van der Waals surface area contributed by atoms with Crippen LogP contribution in [0.5, 0.6) is 5.75 Å². The van der Waals surface area contributed by atoms with Gasteiger partial charge in [-0.1, -0.05) is 0 Å². The van der Waals surface area contributed by atoms with E-state index >= 15 is 0 Å². The maximum Gasteiger partial charge on any atom is 0.193 e. The molecule has 0 radical (unpaired) electrons. The molecule has 1 N–H and O–H groups in total. The van der Waals surface area contributed by atoms with Crippen LogP contribution in [0.25, 0.3) is 0 Å². The standard InChI is InChI=1S/C18H30N4O2.HI/c1-13-10-20-16(14(2)17(13)23-5)11-21-18(19-3)22(4)8-9-24-12-15-6-7-15;/h10,15H,6-9,11-12H2,1-5H3,(H,19,21);1H. The number of likely N-dealkylation sites (N-methyl/N-ethyl adjacent to an activating group) is 1. The number of ether oxygens (including phenoxy) is 2. The average Bonchev–Trinajstić information content (AvgIpc) is 3.38. The molecule has 0 unspecified atom stereocenters. The second kappa shape index (κ2) is 10.8. The smallest absolute Gasteiger partial charge is 0.193 e. The van der Waals surface area contributed by atoms with Gasteiger partial charge >= 0.3 is 0 Å². The van der Waals surface area contributed by atoms with E-state index in [-0.39, 0.29) is 24.0 Å². The Hall–Kier alpha value is -1.09. The Morgan fingerprint density at radius 2 is 2.12 bits per heavy atom. The quantitative estimate of drug-likeness (QED) is 0.279. The number of aromatic nitrogens is 1. The summed E-state index contributed by atoms with van der Waals surface area (Å²) in [4.78, 5) is 10.9. The SMILES string of the molecule is CN=C(NCc1ncc(C)c(OC)c1C)N(C)CCOCC1CC1.I. The fourth-order valence-corrected chi connectivity index (χ4v) is 2.64. The summed E-state index contributed by atoms with van der Waals surface area (Å²) in [6.07, 6.45) is 4.50. The lowest BCUT2D eigenvalue weighted by molar-refractivity contribution is 0.115. The lowest BCUT2D eigenvalue weighted by atomic mass is 10.1. The molecule has 1 fully saturated rings. The zero-order valence-electron chi connectivity index (χ0n) is 16.0. The minimum Gasteiger partial charge on any atom is -0.496 e. The molecule has 25 heavy (non-hydrogen) atoms. The van der Waals surface area contributed by atoms with Crippen molar-refractivity contribution in [3.63, 3.8) is 0 Å². The first-order chi connectivity index (χ1) is 11.6. The fourth-order valence-electron chi connectivity index (χ4n) is 2.64. The van der Waals surface area contributed by atoms with Crippen LogP contribution in [-0.2, 0) is 11.3 Å². The molecule has 0 bridgehead atoms. The molecule has 0 saturated heterocycles. The maximum atomic E-state index is 5.69. The third kappa shape index (κ3) is 6.62. The molecule has 0 aromatic carbocycles. The van der Waals surface area contributed by atoms with E-state index in [1.54, 1.807) is 14.2 Å². The minimum atomic E-state index is 0. The van der Waals surface area contributed by atoms with Gasteiger partial charge in [-0.2, -0.15) is 0 Å². The van der Waals surface area contributed by atoms with E-state index < -0.39 is 0 Å². The first-order valence-corrected chi connectivity index (χ1v) is 8.55. The molecule has 0 amide bonds. The molecular formula is C18H31IN4O2. The van der Waals surface area contributed by atoms with Gasteiger partial charge in [0.15, 0.2) is 5.96 Å². The van der Waals surface area contributed by atoms with Gasteiger partial charge in [-0.25, -0.2) is 0 Å². The summed E-state index contributed by atoms with van der Waals surface area (Å²) in [5.41, 5.74) is 3.08. The third-order valence-corrected chi connectivity index (χ3v) is 4.36. The van der Waals surface area contributed by atoms with Gasteiger partial charge in [-0.15, -0.1) is 24.0 Å². The van der Waals surface area contributed by atoms with Crippen molar-refractivity contribution in [1.82, 2.24) is 15.2 Å². The average molecular weight is 462 g/mol. The summed E-state index contributed by atoms with van der Waals surface area (Å²) in [7, 11) is 5.51. The molecule has 0 aliphatic heterocycles. The Balaban J connectivity index is 0.00000312. The molecule has 1 aliphatic carbocycles. The van der Waals surface area contributed by atoms with Crippen LogP contribution < -0.4 is 10.1 Å². The van der Waals surface area contributed by atoms with Crippen molar-refractivity contribution in [3.05, 3.63) is 23.0 Å². The molecule has 142 valence electrons. The van der Waals surface area contributed by atoms with Crippen molar-refractivity contribution in [2.45, 2.75) is 33.2 Å². The van der Waals surface area contributed by atoms with E-state index in [4.69, 9.17) is 9.47 Å². The topological polar surface area (TPSA) is 59.0 Å². The van der Waals surface area contributed by atoms with Gasteiger partial charge in [-0.3, -0.25) is 9.98 Å². The fraction of sp³-hybridized carbons (Fsp3) is 0.667. The second-order valence-corrected chi connectivity index (χ2v) is 6.39. The lowest BCUT2D eigenvalue weighted by Crippen LogP contribution is -2.40. The van der Waals surface area contributed by atoms with E-state index in [1.807, 2.05) is 27.1 Å². The summed E-state index contributed by atoms with van der Waals surface area (Å²) < 4.78 is 11.2. The zero-order chi connectivity index (χ0) is 17.5. The van der Waals surface area contributed by atoms with Crippen molar-refractivity contribution >= 4 is 29.9 Å². The van der Waals surface area contributed by atoms with Crippen molar-refractivity contribution in [2.75, 3.05) is 41.0 Å². The number of hydrogen-bond acceptors (Lipinski definition) is 4. The first kappa shape index (κ1) is 22.0. The van der Waals surface area contributed by atoms with Crippen molar-refractivity contribution < 1.29 is 9.47 Å². The summed E-state index contributed by atoms with van der Waals surface area (Å²) in [5.74, 6) is 2.54. The van der Waals surface area contributed by atoms with Gasteiger partial charge in [0.1, 0.15) is 5.75 Å². The van der Waals surface area contributed by atoms with E-state index in [0.717, 1.165) is 54.2 Å². The van der Waals surface area contributed by atoms with Crippen LogP contribution in [0.2, 0.25) is 0 Å². The van der Waals surface area contributed by atoms with Gasteiger partial charge in [-0.05, 0) is 32.6 Å². The van der Waals surface area contributed by atoms with E-state index in [9.17, 15) is 0 Å². The number of methoxy groups -OCH3 is 1. The Labute approximate surface area is 168 Å². The Kier molecular flexibility index (Phi) is 9.48. The van der Waals surface area contributed by atoms with Crippen molar-refractivity contribution in [1.29, 1.82) is 0 Å². The number of nitrogens with zero attached hydrogens (tertiary/aromatic N) is 3. The highest BCUT2D eigenvalue weighted by Crippen LogP contribution is 2.28. The first-order valence-electron chi connectivity index (χ1n) is 8.55. The van der Waals surface area contributed by atoms with Gasteiger partial charge in [0.2, 0.25) is 0 Å². The number of guanidine groups is 1. The lowest BCUT2D eigenvalue weighted by Gasteiger charge is -2.22. The summed E-state index contributed by atoms with van der Waals surface area (Å²) in [5, 5.41) is 3.36. The van der Waals surface area contributed by atoms with Crippen LogP contribution in [0, 0.1) is 19.8 Å². The predicted octanol–water partition coefficient (Wildman–Crippen LogP) is 2.76. The number of pyridine rings is 1. The highest BCUT2D eigenvalue weighted by molar-refractivity contribution is 14.0. The molecule has 1 aromatic rings. The molecule has 1 aromatic heterocycles. The number of halogens is 1. The number of nitrogens with one attached hydrogen (secondary N) is 1. The molecule has 1 aliphatic rings. The molecular weight excluding hydrogens is 431 g/mol. The van der Waals surface area contributed by atoms with Crippen molar-refractivity contribution in [2.24, 2.45) is 10.9 Å². The van der Waals surface area contributed by atoms with E-state index in [2.05, 4.69) is 20.2 Å². The Morgan fingerprint density at radius 1 is 1.40 bits per heavy atom. The van der Waals surface area contributed by atoms with E-state index in [1.165, 1.54) is 12.8 Å². The summed E-state index contributed by atoms with van der Waals surface area (Å²) >= 11 is 0. The van der Waals surface area contributed by atoms with Crippen LogP contribution in [0.15, 0.2) is 11.2 Å². The molecule has 6 nitrogen and oxygen atoms in total. The Bertz CT molecular complexity index is 576.